The summed E-state index contributed by atoms with van der Waals surface area (Å²) in [5.41, 5.74) is 0.401. The van der Waals surface area contributed by atoms with Gasteiger partial charge in [-0.05, 0) is 30.5 Å². The highest BCUT2D eigenvalue weighted by molar-refractivity contribution is 5.95. The first-order valence-corrected chi connectivity index (χ1v) is 6.47. The molecule has 2 rings (SSSR count). The molecule has 0 saturated carbocycles. The quantitative estimate of drug-likeness (QED) is 0.738. The highest BCUT2D eigenvalue weighted by atomic mass is 16.4. The monoisotopic (exact) mass is 287 g/mol. The molecule has 0 aromatic heterocycles. The number of aromatic carboxylic acids is 1. The summed E-state index contributed by atoms with van der Waals surface area (Å²) in [6.07, 6.45) is 4.09. The van der Waals surface area contributed by atoms with Crippen LogP contribution in [0.2, 0.25) is 0 Å². The molecule has 0 saturated heterocycles. The average Bonchev–Trinajstić information content (AvgIpc) is 2.47. The Hall–Kier alpha value is -2.63. The second kappa shape index (κ2) is 6.21. The van der Waals surface area contributed by atoms with E-state index in [1.165, 1.54) is 24.3 Å². The molecule has 1 N–H and O–H groups in total. The Morgan fingerprint density at radius 1 is 0.952 bits per heavy atom. The van der Waals surface area contributed by atoms with Gasteiger partial charge in [0.05, 0.1) is 11.9 Å². The molecule has 110 valence electrons. The molecule has 2 atom stereocenters. The van der Waals surface area contributed by atoms with Crippen molar-refractivity contribution in [1.29, 1.82) is 0 Å². The SMILES string of the molecule is O=C([O-])c1ccc(NC(=O)[C@@H]2CC=CC[C@H]2C(=O)[O-])cc1. The van der Waals surface area contributed by atoms with Crippen LogP contribution in [-0.4, -0.2) is 17.8 Å². The van der Waals surface area contributed by atoms with Crippen molar-refractivity contribution < 1.29 is 24.6 Å². The van der Waals surface area contributed by atoms with Gasteiger partial charge in [-0.15, -0.1) is 0 Å². The van der Waals surface area contributed by atoms with E-state index in [9.17, 15) is 24.6 Å². The van der Waals surface area contributed by atoms with Crippen LogP contribution < -0.4 is 15.5 Å². The van der Waals surface area contributed by atoms with Crippen LogP contribution in [0.5, 0.6) is 0 Å². The van der Waals surface area contributed by atoms with E-state index in [1.807, 2.05) is 0 Å². The summed E-state index contributed by atoms with van der Waals surface area (Å²) in [7, 11) is 0. The van der Waals surface area contributed by atoms with Gasteiger partial charge >= 0.3 is 0 Å². The summed E-state index contributed by atoms with van der Waals surface area (Å²) in [4.78, 5) is 33.8. The topological polar surface area (TPSA) is 109 Å². The third-order valence-corrected chi connectivity index (χ3v) is 3.46. The number of anilines is 1. The van der Waals surface area contributed by atoms with E-state index < -0.39 is 29.7 Å². The van der Waals surface area contributed by atoms with Crippen molar-refractivity contribution in [3.63, 3.8) is 0 Å². The molecule has 1 aliphatic rings. The molecule has 0 bridgehead atoms. The number of carbonyl (C=O) groups excluding carboxylic acids is 3. The fourth-order valence-electron chi connectivity index (χ4n) is 2.29. The smallest absolute Gasteiger partial charge is 0.228 e. The molecule has 1 aromatic rings. The Morgan fingerprint density at radius 3 is 2.05 bits per heavy atom. The van der Waals surface area contributed by atoms with Gasteiger partial charge in [0.1, 0.15) is 0 Å². The van der Waals surface area contributed by atoms with Crippen LogP contribution in [0, 0.1) is 11.8 Å². The van der Waals surface area contributed by atoms with Crippen LogP contribution in [-0.2, 0) is 9.59 Å². The van der Waals surface area contributed by atoms with E-state index in [2.05, 4.69) is 5.32 Å². The molecule has 1 amide bonds. The number of allylic oxidation sites excluding steroid dienone is 2. The molecular weight excluding hydrogens is 274 g/mol. The van der Waals surface area contributed by atoms with E-state index in [4.69, 9.17) is 0 Å². The van der Waals surface area contributed by atoms with Gasteiger partial charge in [-0.2, -0.15) is 0 Å². The van der Waals surface area contributed by atoms with Crippen LogP contribution in [0.25, 0.3) is 0 Å². The Kier molecular flexibility index (Phi) is 4.37. The minimum atomic E-state index is -1.30. The molecule has 6 heteroatoms. The van der Waals surface area contributed by atoms with E-state index in [1.54, 1.807) is 12.2 Å². The van der Waals surface area contributed by atoms with Crippen LogP contribution in [0.3, 0.4) is 0 Å². The van der Waals surface area contributed by atoms with Gasteiger partial charge in [0, 0.05) is 17.6 Å². The van der Waals surface area contributed by atoms with Crippen molar-refractivity contribution in [2.45, 2.75) is 12.8 Å². The molecule has 1 aliphatic carbocycles. The summed E-state index contributed by atoms with van der Waals surface area (Å²) < 4.78 is 0. The lowest BCUT2D eigenvalue weighted by atomic mass is 9.82. The Bertz CT molecular complexity index is 591. The van der Waals surface area contributed by atoms with Crippen LogP contribution in [0.15, 0.2) is 36.4 Å². The van der Waals surface area contributed by atoms with Gasteiger partial charge in [-0.3, -0.25) is 4.79 Å². The maximum Gasteiger partial charge on any atom is 0.228 e. The van der Waals surface area contributed by atoms with E-state index >= 15 is 0 Å². The lowest BCUT2D eigenvalue weighted by Crippen LogP contribution is -2.41. The second-order valence-electron chi connectivity index (χ2n) is 4.83. The molecule has 6 nitrogen and oxygen atoms in total. The maximum absolute atomic E-state index is 12.1. The predicted octanol–water partition coefficient (Wildman–Crippen LogP) is -0.679. The molecule has 21 heavy (non-hydrogen) atoms. The first kappa shape index (κ1) is 14.8. The van der Waals surface area contributed by atoms with Gasteiger partial charge in [-0.1, -0.05) is 24.3 Å². The second-order valence-corrected chi connectivity index (χ2v) is 4.83. The van der Waals surface area contributed by atoms with Crippen molar-refractivity contribution >= 4 is 23.5 Å². The Morgan fingerprint density at radius 2 is 1.52 bits per heavy atom. The normalized spacial score (nSPS) is 20.8. The van der Waals surface area contributed by atoms with Crippen molar-refractivity contribution in [2.75, 3.05) is 5.32 Å². The standard InChI is InChI=1S/C15H15NO5/c17-13(11-3-1-2-4-12(11)15(20)21)16-10-7-5-9(6-8-10)14(18)19/h1-2,5-8,11-12H,3-4H2,(H,16,17)(H,18,19)(H,20,21)/p-2/t11-,12-/m1/s1. The first-order valence-electron chi connectivity index (χ1n) is 6.47. The Balaban J connectivity index is 2.08. The summed E-state index contributed by atoms with van der Waals surface area (Å²) >= 11 is 0. The van der Waals surface area contributed by atoms with Gasteiger partial charge in [0.15, 0.2) is 0 Å². The zero-order valence-electron chi connectivity index (χ0n) is 11.1. The summed E-state index contributed by atoms with van der Waals surface area (Å²) in [5.74, 6) is -4.51. The third-order valence-electron chi connectivity index (χ3n) is 3.46. The molecule has 0 spiro atoms. The van der Waals surface area contributed by atoms with Gasteiger partial charge in [-0.25, -0.2) is 0 Å². The van der Waals surface area contributed by atoms with E-state index in [-0.39, 0.29) is 12.0 Å². The zero-order chi connectivity index (χ0) is 15.4. The fourth-order valence-corrected chi connectivity index (χ4v) is 2.29. The lowest BCUT2D eigenvalue weighted by Gasteiger charge is -2.28. The van der Waals surface area contributed by atoms with Crippen LogP contribution >= 0.6 is 0 Å². The number of nitrogens with one attached hydrogen (secondary N) is 1. The van der Waals surface area contributed by atoms with Crippen LogP contribution in [0.1, 0.15) is 23.2 Å². The minimum Gasteiger partial charge on any atom is -0.550 e. The van der Waals surface area contributed by atoms with Crippen molar-refractivity contribution in [2.24, 2.45) is 11.8 Å². The van der Waals surface area contributed by atoms with Crippen molar-refractivity contribution in [1.82, 2.24) is 0 Å². The average molecular weight is 287 g/mol. The molecule has 0 aliphatic heterocycles. The number of hydrogen-bond acceptors (Lipinski definition) is 5. The number of hydrogen-bond donors (Lipinski definition) is 1. The number of benzene rings is 1. The first-order chi connectivity index (χ1) is 9.99. The van der Waals surface area contributed by atoms with Gasteiger partial charge in [0.25, 0.3) is 0 Å². The zero-order valence-corrected chi connectivity index (χ0v) is 11.1. The number of amides is 1. The fraction of sp³-hybridized carbons (Fsp3) is 0.267. The van der Waals surface area contributed by atoms with Gasteiger partial charge in [0.2, 0.25) is 5.91 Å². The molecule has 1 aromatic carbocycles. The molecule has 0 heterocycles. The molecule has 0 unspecified atom stereocenters. The molecular formula is C15H13NO5-2. The highest BCUT2D eigenvalue weighted by Gasteiger charge is 2.29. The largest absolute Gasteiger partial charge is 0.550 e. The van der Waals surface area contributed by atoms with E-state index in [0.717, 1.165) is 0 Å². The number of carboxylic acids is 2. The minimum absolute atomic E-state index is 0.00112. The molecule has 0 radical (unpaired) electrons. The Labute approximate surface area is 121 Å². The summed E-state index contributed by atoms with van der Waals surface area (Å²) in [5, 5.41) is 24.3. The number of carboxylic acid groups (broad SMARTS) is 2. The summed E-state index contributed by atoms with van der Waals surface area (Å²) in [6.45, 7) is 0. The van der Waals surface area contributed by atoms with Gasteiger partial charge < -0.3 is 25.1 Å². The maximum atomic E-state index is 12.1. The predicted molar refractivity (Wildman–Crippen MR) is 69.8 cm³/mol. The summed E-state index contributed by atoms with van der Waals surface area (Å²) in [6, 6.07) is 5.47. The van der Waals surface area contributed by atoms with Crippen molar-refractivity contribution in [3.8, 4) is 0 Å². The molecule has 0 fully saturated rings. The van der Waals surface area contributed by atoms with Crippen molar-refractivity contribution in [3.05, 3.63) is 42.0 Å². The number of aliphatic carboxylic acids is 1. The van der Waals surface area contributed by atoms with E-state index in [0.29, 0.717) is 12.1 Å². The third kappa shape index (κ3) is 3.47. The highest BCUT2D eigenvalue weighted by Crippen LogP contribution is 2.26. The number of rotatable bonds is 4. The van der Waals surface area contributed by atoms with Crippen LogP contribution in [0.4, 0.5) is 5.69 Å². The lowest BCUT2D eigenvalue weighted by molar-refractivity contribution is -0.313. The number of carbonyl (C=O) groups is 3.